The minimum Gasteiger partial charge on any atom is -0.354 e. The molecule has 4 nitrogen and oxygen atoms in total. The Bertz CT molecular complexity index is 491. The lowest BCUT2D eigenvalue weighted by Gasteiger charge is -2.24. The lowest BCUT2D eigenvalue weighted by atomic mass is 9.97. The van der Waals surface area contributed by atoms with Crippen LogP contribution in [0.1, 0.15) is 18.4 Å². The first-order valence-corrected chi connectivity index (χ1v) is 6.97. The fourth-order valence-corrected chi connectivity index (χ4v) is 3.25. The molecule has 0 radical (unpaired) electrons. The maximum absolute atomic E-state index is 9.21. The summed E-state index contributed by atoms with van der Waals surface area (Å²) in [6.07, 6.45) is 4.53. The van der Waals surface area contributed by atoms with E-state index in [9.17, 15) is 5.26 Å². The van der Waals surface area contributed by atoms with Gasteiger partial charge in [0.2, 0.25) is 0 Å². The summed E-state index contributed by atoms with van der Waals surface area (Å²) >= 11 is 0. The van der Waals surface area contributed by atoms with Crippen molar-refractivity contribution >= 4 is 5.82 Å². The predicted molar refractivity (Wildman–Crippen MR) is 74.9 cm³/mol. The van der Waals surface area contributed by atoms with Crippen molar-refractivity contribution in [3.05, 3.63) is 23.9 Å². The lowest BCUT2D eigenvalue weighted by molar-refractivity contribution is 0.238. The van der Waals surface area contributed by atoms with E-state index >= 15 is 0 Å². The van der Waals surface area contributed by atoms with Gasteiger partial charge in [-0.05, 0) is 50.9 Å². The molecule has 0 aromatic carbocycles. The zero-order valence-electron chi connectivity index (χ0n) is 11.6. The Balaban J connectivity index is 1.85. The van der Waals surface area contributed by atoms with Crippen molar-refractivity contribution in [3.63, 3.8) is 0 Å². The van der Waals surface area contributed by atoms with Gasteiger partial charge in [-0.15, -0.1) is 0 Å². The summed E-state index contributed by atoms with van der Waals surface area (Å²) in [5.74, 6) is 2.47. The molecule has 100 valence electrons. The average Bonchev–Trinajstić information content (AvgIpc) is 3.17. The van der Waals surface area contributed by atoms with Crippen LogP contribution in [-0.4, -0.2) is 43.1 Å². The molecule has 1 aliphatic carbocycles. The molecule has 1 saturated carbocycles. The third-order valence-electron chi connectivity index (χ3n) is 4.43. The van der Waals surface area contributed by atoms with Gasteiger partial charge in [-0.25, -0.2) is 4.98 Å². The predicted octanol–water partition coefficient (Wildman–Crippen LogP) is 1.73. The molecule has 19 heavy (non-hydrogen) atoms. The normalized spacial score (nSPS) is 26.7. The van der Waals surface area contributed by atoms with E-state index in [-0.39, 0.29) is 0 Å². The highest BCUT2D eigenvalue weighted by atomic mass is 15.3. The number of anilines is 1. The fourth-order valence-electron chi connectivity index (χ4n) is 3.25. The molecule has 1 saturated heterocycles. The maximum atomic E-state index is 9.21. The molecular weight excluding hydrogens is 236 g/mol. The molecule has 0 unspecified atom stereocenters. The number of rotatable bonds is 3. The van der Waals surface area contributed by atoms with Crippen LogP contribution in [0.4, 0.5) is 5.82 Å². The van der Waals surface area contributed by atoms with Crippen molar-refractivity contribution < 1.29 is 0 Å². The van der Waals surface area contributed by atoms with E-state index in [0.717, 1.165) is 30.7 Å². The van der Waals surface area contributed by atoms with Gasteiger partial charge in [-0.2, -0.15) is 5.26 Å². The van der Waals surface area contributed by atoms with E-state index in [0.29, 0.717) is 11.6 Å². The van der Waals surface area contributed by atoms with Crippen LogP contribution >= 0.6 is 0 Å². The molecule has 4 heteroatoms. The SMILES string of the molecule is CN(C)[C@H]1CN(c2ncccc2C#N)C[C@@H]1C1CC1. The number of pyridine rings is 1. The second-order valence-corrected chi connectivity index (χ2v) is 5.92. The van der Waals surface area contributed by atoms with Crippen molar-refractivity contribution in [2.75, 3.05) is 32.1 Å². The Morgan fingerprint density at radius 1 is 1.37 bits per heavy atom. The van der Waals surface area contributed by atoms with E-state index in [1.807, 2.05) is 12.1 Å². The van der Waals surface area contributed by atoms with E-state index in [1.54, 1.807) is 6.20 Å². The van der Waals surface area contributed by atoms with Crippen LogP contribution < -0.4 is 4.90 Å². The van der Waals surface area contributed by atoms with Crippen LogP contribution in [0.5, 0.6) is 0 Å². The summed E-state index contributed by atoms with van der Waals surface area (Å²) in [4.78, 5) is 9.05. The lowest BCUT2D eigenvalue weighted by Crippen LogP contribution is -2.36. The topological polar surface area (TPSA) is 43.2 Å². The van der Waals surface area contributed by atoms with Crippen molar-refractivity contribution in [1.29, 1.82) is 5.26 Å². The first-order valence-electron chi connectivity index (χ1n) is 6.97. The molecule has 0 spiro atoms. The molecule has 2 heterocycles. The van der Waals surface area contributed by atoms with Crippen molar-refractivity contribution in [1.82, 2.24) is 9.88 Å². The minimum atomic E-state index is 0.584. The number of likely N-dealkylation sites (N-methyl/N-ethyl adjacent to an activating group) is 1. The molecule has 0 amide bonds. The van der Waals surface area contributed by atoms with Gasteiger partial charge in [0.15, 0.2) is 0 Å². The summed E-state index contributed by atoms with van der Waals surface area (Å²) < 4.78 is 0. The van der Waals surface area contributed by atoms with Crippen LogP contribution in [0.3, 0.4) is 0 Å². The Kier molecular flexibility index (Phi) is 3.16. The number of nitrogens with zero attached hydrogens (tertiary/aromatic N) is 4. The van der Waals surface area contributed by atoms with Gasteiger partial charge < -0.3 is 9.80 Å². The van der Waals surface area contributed by atoms with E-state index < -0.39 is 0 Å². The molecule has 2 fully saturated rings. The number of aromatic nitrogens is 1. The molecular formula is C15H20N4. The van der Waals surface area contributed by atoms with E-state index in [2.05, 4.69) is 34.9 Å². The van der Waals surface area contributed by atoms with Crippen LogP contribution in [0.2, 0.25) is 0 Å². The highest BCUT2D eigenvalue weighted by molar-refractivity contribution is 5.54. The maximum Gasteiger partial charge on any atom is 0.146 e. The summed E-state index contributed by atoms with van der Waals surface area (Å²) in [6, 6.07) is 6.53. The van der Waals surface area contributed by atoms with Gasteiger partial charge >= 0.3 is 0 Å². The smallest absolute Gasteiger partial charge is 0.146 e. The third kappa shape index (κ3) is 2.31. The molecule has 2 aliphatic rings. The first kappa shape index (κ1) is 12.4. The van der Waals surface area contributed by atoms with Gasteiger partial charge in [0.25, 0.3) is 0 Å². The Hall–Kier alpha value is -1.60. The van der Waals surface area contributed by atoms with E-state index in [4.69, 9.17) is 0 Å². The van der Waals surface area contributed by atoms with Crippen LogP contribution in [0, 0.1) is 23.2 Å². The largest absolute Gasteiger partial charge is 0.354 e. The molecule has 3 rings (SSSR count). The molecule has 1 aliphatic heterocycles. The Labute approximate surface area is 114 Å². The Morgan fingerprint density at radius 2 is 2.16 bits per heavy atom. The zero-order chi connectivity index (χ0) is 13.4. The number of hydrogen-bond acceptors (Lipinski definition) is 4. The fraction of sp³-hybridized carbons (Fsp3) is 0.600. The summed E-state index contributed by atoms with van der Waals surface area (Å²) in [5.41, 5.74) is 0.691. The quantitative estimate of drug-likeness (QED) is 0.826. The summed E-state index contributed by atoms with van der Waals surface area (Å²) in [5, 5.41) is 9.21. The van der Waals surface area contributed by atoms with Crippen molar-refractivity contribution in [3.8, 4) is 6.07 Å². The van der Waals surface area contributed by atoms with E-state index in [1.165, 1.54) is 12.8 Å². The minimum absolute atomic E-state index is 0.584. The highest BCUT2D eigenvalue weighted by Gasteiger charge is 2.43. The van der Waals surface area contributed by atoms with Crippen LogP contribution in [-0.2, 0) is 0 Å². The van der Waals surface area contributed by atoms with Crippen molar-refractivity contribution in [2.45, 2.75) is 18.9 Å². The van der Waals surface area contributed by atoms with Crippen molar-refractivity contribution in [2.24, 2.45) is 11.8 Å². The highest BCUT2D eigenvalue weighted by Crippen LogP contribution is 2.43. The zero-order valence-corrected chi connectivity index (χ0v) is 11.6. The van der Waals surface area contributed by atoms with Gasteiger partial charge in [-0.3, -0.25) is 0 Å². The van der Waals surface area contributed by atoms with Gasteiger partial charge in [-0.1, -0.05) is 0 Å². The number of nitriles is 1. The molecule has 1 aromatic heterocycles. The average molecular weight is 256 g/mol. The third-order valence-corrected chi connectivity index (χ3v) is 4.43. The molecule has 1 aromatic rings. The monoisotopic (exact) mass is 256 g/mol. The van der Waals surface area contributed by atoms with Crippen LogP contribution in [0.15, 0.2) is 18.3 Å². The Morgan fingerprint density at radius 3 is 2.79 bits per heavy atom. The van der Waals surface area contributed by atoms with Crippen LogP contribution in [0.25, 0.3) is 0 Å². The van der Waals surface area contributed by atoms with Gasteiger partial charge in [0.1, 0.15) is 11.9 Å². The summed E-state index contributed by atoms with van der Waals surface area (Å²) in [6.45, 7) is 2.03. The van der Waals surface area contributed by atoms with Gasteiger partial charge in [0, 0.05) is 25.3 Å². The summed E-state index contributed by atoms with van der Waals surface area (Å²) in [7, 11) is 4.32. The standard InChI is InChI=1S/C15H20N4/c1-18(2)14-10-19(9-13(14)11-5-6-11)15-12(8-16)4-3-7-17-15/h3-4,7,11,13-14H,5-6,9-10H2,1-2H3/t13-,14+/m1/s1. The first-order chi connectivity index (χ1) is 9.20. The number of hydrogen-bond donors (Lipinski definition) is 0. The van der Waals surface area contributed by atoms with Gasteiger partial charge in [0.05, 0.1) is 5.56 Å². The molecule has 2 atom stereocenters. The second kappa shape index (κ2) is 4.82. The molecule has 0 bridgehead atoms. The molecule has 0 N–H and O–H groups in total. The second-order valence-electron chi connectivity index (χ2n) is 5.92.